The minimum Gasteiger partial charge on any atom is -0.474 e. The van der Waals surface area contributed by atoms with Crippen molar-refractivity contribution in [1.29, 1.82) is 0 Å². The first-order valence-electron chi connectivity index (χ1n) is 9.60. The molecule has 0 saturated carbocycles. The molecule has 0 bridgehead atoms. The van der Waals surface area contributed by atoms with E-state index in [1.165, 1.54) is 51.1 Å². The van der Waals surface area contributed by atoms with Gasteiger partial charge in [-0.25, -0.2) is 4.98 Å². The van der Waals surface area contributed by atoms with Crippen LogP contribution in [0.2, 0.25) is 0 Å². The maximum Gasteiger partial charge on any atom is 0.303 e. The standard InChI is InChI=1S/C21H21FN2O7S/c1-11(25)28-17-10-32-21(19(30-13(3)27)18(17)29-12(2)26)31-15-7-14(8-23-9-15)16-5-4-6-24-20(16)22/h4-9,17-19,21H,10H2,1-3H3/t17-,18+,19-,21?/m1/s1. The van der Waals surface area contributed by atoms with E-state index in [9.17, 15) is 18.8 Å². The lowest BCUT2D eigenvalue weighted by Gasteiger charge is -2.39. The highest BCUT2D eigenvalue weighted by Gasteiger charge is 2.47. The number of esters is 3. The maximum atomic E-state index is 14.1. The molecule has 0 spiro atoms. The van der Waals surface area contributed by atoms with Gasteiger partial charge in [0, 0.05) is 50.0 Å². The van der Waals surface area contributed by atoms with E-state index in [4.69, 9.17) is 18.9 Å². The molecule has 9 nitrogen and oxygen atoms in total. The van der Waals surface area contributed by atoms with E-state index in [2.05, 4.69) is 9.97 Å². The molecule has 4 atom stereocenters. The van der Waals surface area contributed by atoms with Crippen LogP contribution in [0.15, 0.2) is 36.8 Å². The van der Waals surface area contributed by atoms with E-state index in [-0.39, 0.29) is 17.1 Å². The summed E-state index contributed by atoms with van der Waals surface area (Å²) in [7, 11) is 0. The van der Waals surface area contributed by atoms with Gasteiger partial charge in [-0.3, -0.25) is 19.4 Å². The summed E-state index contributed by atoms with van der Waals surface area (Å²) in [5.41, 5.74) is -0.135. The number of hydrogen-bond donors (Lipinski definition) is 0. The second-order valence-corrected chi connectivity index (χ2v) is 8.00. The summed E-state index contributed by atoms with van der Waals surface area (Å²) < 4.78 is 36.0. The number of nitrogens with zero attached hydrogens (tertiary/aromatic N) is 2. The summed E-state index contributed by atoms with van der Waals surface area (Å²) in [5, 5.41) is 0. The van der Waals surface area contributed by atoms with Crippen LogP contribution in [-0.2, 0) is 28.6 Å². The van der Waals surface area contributed by atoms with Gasteiger partial charge in [0.15, 0.2) is 23.7 Å². The van der Waals surface area contributed by atoms with E-state index < -0.39 is 47.6 Å². The van der Waals surface area contributed by atoms with Crippen LogP contribution in [0.3, 0.4) is 0 Å². The largest absolute Gasteiger partial charge is 0.474 e. The van der Waals surface area contributed by atoms with Gasteiger partial charge >= 0.3 is 17.9 Å². The maximum absolute atomic E-state index is 14.1. The van der Waals surface area contributed by atoms with Gasteiger partial charge in [-0.05, 0) is 18.2 Å². The van der Waals surface area contributed by atoms with Crippen LogP contribution < -0.4 is 4.74 Å². The number of carbonyl (C=O) groups excluding carboxylic acids is 3. The third-order valence-electron chi connectivity index (χ3n) is 4.34. The van der Waals surface area contributed by atoms with Crippen LogP contribution >= 0.6 is 11.8 Å². The SMILES string of the molecule is CC(=O)O[C@H]1[C@H](OC(C)=O)CSC(Oc2cncc(-c3cccnc3F)c2)[C@@H]1OC(C)=O. The first kappa shape index (κ1) is 23.5. The van der Waals surface area contributed by atoms with Crippen molar-refractivity contribution < 1.29 is 37.7 Å². The van der Waals surface area contributed by atoms with E-state index in [1.807, 2.05) is 0 Å². The molecule has 1 unspecified atom stereocenters. The van der Waals surface area contributed by atoms with Gasteiger partial charge in [0.1, 0.15) is 5.75 Å². The van der Waals surface area contributed by atoms with Crippen molar-refractivity contribution in [3.63, 3.8) is 0 Å². The molecule has 1 saturated heterocycles. The Morgan fingerprint density at radius 1 is 1.03 bits per heavy atom. The van der Waals surface area contributed by atoms with Crippen LogP contribution in [0, 0.1) is 5.95 Å². The summed E-state index contributed by atoms with van der Waals surface area (Å²) in [6, 6.07) is 4.72. The van der Waals surface area contributed by atoms with E-state index in [0.29, 0.717) is 5.56 Å². The van der Waals surface area contributed by atoms with Crippen LogP contribution in [0.4, 0.5) is 4.39 Å². The quantitative estimate of drug-likeness (QED) is 0.359. The van der Waals surface area contributed by atoms with Crippen LogP contribution in [-0.4, -0.2) is 57.4 Å². The number of halogens is 1. The van der Waals surface area contributed by atoms with E-state index in [1.54, 1.807) is 18.2 Å². The monoisotopic (exact) mass is 464 g/mol. The topological polar surface area (TPSA) is 114 Å². The summed E-state index contributed by atoms with van der Waals surface area (Å²) in [5.74, 6) is -1.99. The van der Waals surface area contributed by atoms with Crippen molar-refractivity contribution >= 4 is 29.7 Å². The van der Waals surface area contributed by atoms with Crippen molar-refractivity contribution in [3.8, 4) is 16.9 Å². The van der Waals surface area contributed by atoms with E-state index in [0.717, 1.165) is 0 Å². The Hall–Kier alpha value is -3.21. The molecular weight excluding hydrogens is 443 g/mol. The molecule has 3 heterocycles. The molecule has 0 amide bonds. The minimum atomic E-state index is -1.07. The normalized spacial score (nSPS) is 22.5. The molecule has 0 N–H and O–H groups in total. The van der Waals surface area contributed by atoms with Gasteiger partial charge in [-0.1, -0.05) is 0 Å². The molecule has 0 aromatic carbocycles. The van der Waals surface area contributed by atoms with E-state index >= 15 is 0 Å². The number of carbonyl (C=O) groups is 3. The van der Waals surface area contributed by atoms with Gasteiger partial charge in [-0.15, -0.1) is 11.8 Å². The van der Waals surface area contributed by atoms with Crippen molar-refractivity contribution in [3.05, 3.63) is 42.7 Å². The lowest BCUT2D eigenvalue weighted by atomic mass is 10.1. The smallest absolute Gasteiger partial charge is 0.303 e. The van der Waals surface area contributed by atoms with Gasteiger partial charge in [0.05, 0.1) is 6.20 Å². The zero-order valence-electron chi connectivity index (χ0n) is 17.5. The fourth-order valence-corrected chi connectivity index (χ4v) is 4.39. The number of hydrogen-bond acceptors (Lipinski definition) is 10. The van der Waals surface area contributed by atoms with Gasteiger partial charge in [-0.2, -0.15) is 4.39 Å². The summed E-state index contributed by atoms with van der Waals surface area (Å²) in [6.07, 6.45) is 1.24. The summed E-state index contributed by atoms with van der Waals surface area (Å²) >= 11 is 1.21. The molecule has 170 valence electrons. The second-order valence-electron chi connectivity index (χ2n) is 6.87. The highest BCUT2D eigenvalue weighted by Crippen LogP contribution is 2.35. The molecule has 3 rings (SSSR count). The number of aromatic nitrogens is 2. The van der Waals surface area contributed by atoms with Gasteiger partial charge in [0.2, 0.25) is 5.95 Å². The molecule has 1 aliphatic heterocycles. The number of thioether (sulfide) groups is 1. The Kier molecular flexibility index (Phi) is 7.62. The Labute approximate surface area is 187 Å². The molecule has 2 aromatic heterocycles. The average molecular weight is 464 g/mol. The predicted molar refractivity (Wildman–Crippen MR) is 111 cm³/mol. The van der Waals surface area contributed by atoms with Crippen LogP contribution in [0.25, 0.3) is 11.1 Å². The molecule has 11 heteroatoms. The third-order valence-corrected chi connectivity index (χ3v) is 5.55. The van der Waals surface area contributed by atoms with Crippen molar-refractivity contribution in [2.75, 3.05) is 5.75 Å². The lowest BCUT2D eigenvalue weighted by molar-refractivity contribution is -0.186. The highest BCUT2D eigenvalue weighted by atomic mass is 32.2. The highest BCUT2D eigenvalue weighted by molar-refractivity contribution is 7.99. The Morgan fingerprint density at radius 2 is 1.72 bits per heavy atom. The molecule has 2 aromatic rings. The molecular formula is C21H21FN2O7S. The van der Waals surface area contributed by atoms with Gasteiger partial charge < -0.3 is 18.9 Å². The zero-order chi connectivity index (χ0) is 23.3. The zero-order valence-corrected chi connectivity index (χ0v) is 18.3. The average Bonchev–Trinajstić information content (AvgIpc) is 2.72. The van der Waals surface area contributed by atoms with Crippen LogP contribution in [0.1, 0.15) is 20.8 Å². The summed E-state index contributed by atoms with van der Waals surface area (Å²) in [4.78, 5) is 42.6. The van der Waals surface area contributed by atoms with Crippen molar-refractivity contribution in [2.45, 2.75) is 44.5 Å². The second kappa shape index (κ2) is 10.4. The van der Waals surface area contributed by atoms with Crippen molar-refractivity contribution in [1.82, 2.24) is 9.97 Å². The lowest BCUT2D eigenvalue weighted by Crippen LogP contribution is -2.55. The van der Waals surface area contributed by atoms with Crippen molar-refractivity contribution in [2.24, 2.45) is 0 Å². The fourth-order valence-electron chi connectivity index (χ4n) is 3.18. The minimum absolute atomic E-state index is 0.226. The predicted octanol–water partition coefficient (Wildman–Crippen LogP) is 2.53. The van der Waals surface area contributed by atoms with Crippen LogP contribution in [0.5, 0.6) is 5.75 Å². The first-order valence-corrected chi connectivity index (χ1v) is 10.7. The molecule has 32 heavy (non-hydrogen) atoms. The molecule has 0 radical (unpaired) electrons. The fraction of sp³-hybridized carbons (Fsp3) is 0.381. The summed E-state index contributed by atoms with van der Waals surface area (Å²) in [6.45, 7) is 3.63. The Bertz CT molecular complexity index is 1010. The molecule has 0 aliphatic carbocycles. The first-order chi connectivity index (χ1) is 15.2. The molecule has 1 fully saturated rings. The number of ether oxygens (including phenoxy) is 4. The third kappa shape index (κ3) is 5.94. The van der Waals surface area contributed by atoms with Gasteiger partial charge in [0.25, 0.3) is 0 Å². The Balaban J connectivity index is 1.88. The number of pyridine rings is 2. The number of rotatable bonds is 6. The molecule has 1 aliphatic rings. The Morgan fingerprint density at radius 3 is 2.38 bits per heavy atom.